The first kappa shape index (κ1) is 28.8. The van der Waals surface area contributed by atoms with Crippen LogP contribution in [0.1, 0.15) is 26.3 Å². The van der Waals surface area contributed by atoms with Crippen LogP contribution >= 0.6 is 23.2 Å². The van der Waals surface area contributed by atoms with Gasteiger partial charge in [0, 0.05) is 42.3 Å². The number of nitrogens with one attached hydrogen (secondary N) is 1. The molecule has 2 rings (SSSR count). The molecule has 0 saturated heterocycles. The van der Waals surface area contributed by atoms with Gasteiger partial charge in [0.1, 0.15) is 18.4 Å². The maximum Gasteiger partial charge on any atom is 0.304 e. The Bertz CT molecular complexity index is 1140. The zero-order valence-electron chi connectivity index (χ0n) is 20.1. The van der Waals surface area contributed by atoms with Crippen LogP contribution in [0.2, 0.25) is 10.0 Å². The molecule has 0 saturated carbocycles. The summed E-state index contributed by atoms with van der Waals surface area (Å²) in [6.07, 6.45) is 0. The van der Waals surface area contributed by atoms with Crippen molar-refractivity contribution in [2.24, 2.45) is 0 Å². The topological polar surface area (TPSA) is 90.0 Å². The molecule has 0 bridgehead atoms. The van der Waals surface area contributed by atoms with Gasteiger partial charge in [0.05, 0.1) is 5.69 Å². The highest BCUT2D eigenvalue weighted by atomic mass is 35.5. The Balaban J connectivity index is 2.51. The summed E-state index contributed by atoms with van der Waals surface area (Å²) < 4.78 is 41.4. The van der Waals surface area contributed by atoms with E-state index in [2.05, 4.69) is 5.32 Å². The average molecular weight is 547 g/mol. The second-order valence-electron chi connectivity index (χ2n) is 8.33. The smallest absolute Gasteiger partial charge is 0.304 e. The average Bonchev–Trinajstić information content (AvgIpc) is 2.76. The maximum absolute atomic E-state index is 13.6. The molecule has 8 nitrogen and oxygen atoms in total. The summed E-state index contributed by atoms with van der Waals surface area (Å²) in [6, 6.07) is 8.40. The fourth-order valence-electron chi connectivity index (χ4n) is 3.17. The lowest BCUT2D eigenvalue weighted by atomic mass is 10.1. The summed E-state index contributed by atoms with van der Waals surface area (Å²) in [6.45, 7) is 4.31. The molecule has 0 spiro atoms. The van der Waals surface area contributed by atoms with E-state index in [4.69, 9.17) is 23.2 Å². The fourth-order valence-corrected chi connectivity index (χ4v) is 4.74. The normalized spacial score (nSPS) is 12.5. The minimum atomic E-state index is -4.14. The Morgan fingerprint density at radius 1 is 1.00 bits per heavy atom. The Hall–Kier alpha value is -2.40. The highest BCUT2D eigenvalue weighted by Crippen LogP contribution is 2.27. The van der Waals surface area contributed by atoms with Crippen molar-refractivity contribution in [1.82, 2.24) is 14.5 Å². The summed E-state index contributed by atoms with van der Waals surface area (Å²) in [4.78, 5) is 27.6. The number of nitrogens with zero attached hydrogens (tertiary/aromatic N) is 3. The third-order valence-electron chi connectivity index (χ3n) is 5.12. The largest absolute Gasteiger partial charge is 0.352 e. The SMILES string of the molecule is CC(C)NC(=O)[C@H](C)N(Cc1c(Cl)cccc1Cl)C(=O)CN(c1ccc(F)cc1)S(=O)(=O)N(C)C. The van der Waals surface area contributed by atoms with Crippen LogP contribution in [0.15, 0.2) is 42.5 Å². The van der Waals surface area contributed by atoms with E-state index in [1.54, 1.807) is 32.0 Å². The van der Waals surface area contributed by atoms with E-state index in [1.807, 2.05) is 0 Å². The molecule has 1 N–H and O–H groups in total. The Morgan fingerprint density at radius 3 is 2.03 bits per heavy atom. The van der Waals surface area contributed by atoms with Gasteiger partial charge in [-0.15, -0.1) is 0 Å². The summed E-state index contributed by atoms with van der Waals surface area (Å²) in [5.74, 6) is -1.67. The van der Waals surface area contributed by atoms with Crippen LogP contribution in [0.3, 0.4) is 0 Å². The molecule has 192 valence electrons. The minimum absolute atomic E-state index is 0.0865. The molecule has 0 unspecified atom stereocenters. The van der Waals surface area contributed by atoms with Gasteiger partial charge in [0.25, 0.3) is 0 Å². The lowest BCUT2D eigenvalue weighted by molar-refractivity contribution is -0.139. The molecule has 2 aromatic rings. The first-order valence-corrected chi connectivity index (χ1v) is 12.9. The van der Waals surface area contributed by atoms with E-state index in [1.165, 1.54) is 38.1 Å². The minimum Gasteiger partial charge on any atom is -0.352 e. The number of benzene rings is 2. The van der Waals surface area contributed by atoms with E-state index in [0.717, 1.165) is 20.7 Å². The fraction of sp³-hybridized carbons (Fsp3) is 0.391. The maximum atomic E-state index is 13.6. The van der Waals surface area contributed by atoms with Crippen LogP contribution in [0.25, 0.3) is 0 Å². The molecule has 0 aliphatic heterocycles. The van der Waals surface area contributed by atoms with Gasteiger partial charge in [-0.1, -0.05) is 29.3 Å². The molecule has 0 radical (unpaired) electrons. The summed E-state index contributed by atoms with van der Waals surface area (Å²) >= 11 is 12.6. The van der Waals surface area contributed by atoms with Crippen LogP contribution in [0.5, 0.6) is 0 Å². The Labute approximate surface area is 215 Å². The van der Waals surface area contributed by atoms with Gasteiger partial charge in [-0.05, 0) is 57.2 Å². The Kier molecular flexibility index (Phi) is 9.91. The molecule has 0 aromatic heterocycles. The van der Waals surface area contributed by atoms with Gasteiger partial charge < -0.3 is 10.2 Å². The lowest BCUT2D eigenvalue weighted by Gasteiger charge is -2.33. The third kappa shape index (κ3) is 7.30. The van der Waals surface area contributed by atoms with Crippen molar-refractivity contribution in [3.05, 3.63) is 63.9 Å². The van der Waals surface area contributed by atoms with Gasteiger partial charge in [0.2, 0.25) is 11.8 Å². The van der Waals surface area contributed by atoms with Crippen LogP contribution in [0.4, 0.5) is 10.1 Å². The number of hydrogen-bond donors (Lipinski definition) is 1. The summed E-state index contributed by atoms with van der Waals surface area (Å²) in [7, 11) is -1.51. The second-order valence-corrected chi connectivity index (χ2v) is 11.2. The number of carbonyl (C=O) groups is 2. The zero-order chi connectivity index (χ0) is 26.5. The molecule has 0 aliphatic carbocycles. The van der Waals surface area contributed by atoms with E-state index in [-0.39, 0.29) is 18.3 Å². The van der Waals surface area contributed by atoms with Crippen LogP contribution in [-0.2, 0) is 26.3 Å². The standard InChI is InChI=1S/C23H29Cl2FN4O4S/c1-15(2)27-23(32)16(3)29(13-19-20(24)7-6-8-21(19)25)22(31)14-30(35(33,34)28(4)5)18-11-9-17(26)10-12-18/h6-12,15-16H,13-14H2,1-5H3,(H,27,32)/t16-/m0/s1. The van der Waals surface area contributed by atoms with Crippen molar-refractivity contribution in [1.29, 1.82) is 0 Å². The molecular weight excluding hydrogens is 518 g/mol. The van der Waals surface area contributed by atoms with E-state index in [9.17, 15) is 22.4 Å². The zero-order valence-corrected chi connectivity index (χ0v) is 22.5. The number of carbonyl (C=O) groups excluding carboxylic acids is 2. The first-order chi connectivity index (χ1) is 16.2. The molecule has 2 amide bonds. The lowest BCUT2D eigenvalue weighted by Crippen LogP contribution is -2.53. The monoisotopic (exact) mass is 546 g/mol. The molecular formula is C23H29Cl2FN4O4S. The highest BCUT2D eigenvalue weighted by Gasteiger charge is 2.33. The highest BCUT2D eigenvalue weighted by molar-refractivity contribution is 7.90. The molecule has 12 heteroatoms. The van der Waals surface area contributed by atoms with Crippen LogP contribution in [-0.4, -0.2) is 62.2 Å². The van der Waals surface area contributed by atoms with Gasteiger partial charge in [0.15, 0.2) is 0 Å². The van der Waals surface area contributed by atoms with E-state index >= 15 is 0 Å². The molecule has 0 aliphatic rings. The molecule has 35 heavy (non-hydrogen) atoms. The van der Waals surface area contributed by atoms with Gasteiger partial charge >= 0.3 is 10.2 Å². The van der Waals surface area contributed by atoms with Crippen molar-refractivity contribution in [3.8, 4) is 0 Å². The summed E-state index contributed by atoms with van der Waals surface area (Å²) in [5, 5.41) is 3.34. The van der Waals surface area contributed by atoms with E-state index in [0.29, 0.717) is 15.6 Å². The number of amides is 2. The predicted octanol–water partition coefficient (Wildman–Crippen LogP) is 3.69. The van der Waals surface area contributed by atoms with Crippen LogP contribution < -0.4 is 9.62 Å². The van der Waals surface area contributed by atoms with Crippen LogP contribution in [0, 0.1) is 5.82 Å². The molecule has 2 aromatic carbocycles. The van der Waals surface area contributed by atoms with Crippen molar-refractivity contribution in [2.75, 3.05) is 24.9 Å². The second kappa shape index (κ2) is 12.0. The predicted molar refractivity (Wildman–Crippen MR) is 136 cm³/mol. The van der Waals surface area contributed by atoms with E-state index < -0.39 is 40.4 Å². The van der Waals surface area contributed by atoms with Gasteiger partial charge in [-0.2, -0.15) is 12.7 Å². The number of halogens is 3. The van der Waals surface area contributed by atoms with Gasteiger partial charge in [-0.25, -0.2) is 8.70 Å². The summed E-state index contributed by atoms with van der Waals surface area (Å²) in [5.41, 5.74) is 0.501. The molecule has 1 atom stereocenters. The number of hydrogen-bond acceptors (Lipinski definition) is 4. The quantitative estimate of drug-likeness (QED) is 0.492. The van der Waals surface area contributed by atoms with Crippen molar-refractivity contribution in [3.63, 3.8) is 0 Å². The third-order valence-corrected chi connectivity index (χ3v) is 7.65. The molecule has 0 heterocycles. The van der Waals surface area contributed by atoms with Crippen molar-refractivity contribution in [2.45, 2.75) is 39.4 Å². The van der Waals surface area contributed by atoms with Gasteiger partial charge in [-0.3, -0.25) is 9.59 Å². The Morgan fingerprint density at radius 2 is 1.54 bits per heavy atom. The number of rotatable bonds is 10. The molecule has 0 fully saturated rings. The number of anilines is 1. The van der Waals surface area contributed by atoms with Crippen molar-refractivity contribution < 1.29 is 22.4 Å². The van der Waals surface area contributed by atoms with Crippen molar-refractivity contribution >= 4 is 50.9 Å². The first-order valence-electron chi connectivity index (χ1n) is 10.7.